The van der Waals surface area contributed by atoms with Crippen molar-refractivity contribution in [2.45, 2.75) is 19.9 Å². The lowest BCUT2D eigenvalue weighted by Gasteiger charge is -2.18. The van der Waals surface area contributed by atoms with Gasteiger partial charge < -0.3 is 15.4 Å². The molecule has 0 aliphatic carbocycles. The zero-order chi connectivity index (χ0) is 18.7. The molecule has 2 aromatic carbocycles. The number of halogens is 4. The highest BCUT2D eigenvalue weighted by atomic mass is 35.5. The average Bonchev–Trinajstić information content (AvgIpc) is 2.58. The molecule has 134 valence electrons. The number of anilines is 2. The number of benzene rings is 2. The maximum Gasteiger partial charge on any atom is 0.246 e. The van der Waals surface area contributed by atoms with E-state index in [0.29, 0.717) is 16.5 Å². The van der Waals surface area contributed by atoms with Gasteiger partial charge in [-0.05, 0) is 37.6 Å². The summed E-state index contributed by atoms with van der Waals surface area (Å²) in [7, 11) is 1.45. The summed E-state index contributed by atoms with van der Waals surface area (Å²) in [6, 6.07) is 4.16. The van der Waals surface area contributed by atoms with Gasteiger partial charge in [0.2, 0.25) is 5.91 Å². The minimum atomic E-state index is -1.64. The third-order valence-corrected chi connectivity index (χ3v) is 3.95. The number of nitrogens with one attached hydrogen (secondary N) is 2. The second-order valence-electron chi connectivity index (χ2n) is 5.38. The van der Waals surface area contributed by atoms with Gasteiger partial charge in [-0.15, -0.1) is 0 Å². The lowest BCUT2D eigenvalue weighted by atomic mass is 10.2. The molecule has 0 radical (unpaired) electrons. The fourth-order valence-corrected chi connectivity index (χ4v) is 2.26. The molecule has 2 N–H and O–H groups in total. The SMILES string of the molecule is COc1cc(Cl)c(C)cc1N[C@H](C)C(=O)Nc1ccc(F)c(F)c1F. The number of hydrogen-bond acceptors (Lipinski definition) is 3. The minimum Gasteiger partial charge on any atom is -0.495 e. The Labute approximate surface area is 147 Å². The van der Waals surface area contributed by atoms with Crippen molar-refractivity contribution in [1.29, 1.82) is 0 Å². The van der Waals surface area contributed by atoms with E-state index in [2.05, 4.69) is 10.6 Å². The summed E-state index contributed by atoms with van der Waals surface area (Å²) >= 11 is 6.02. The Morgan fingerprint density at radius 1 is 1.16 bits per heavy atom. The van der Waals surface area contributed by atoms with Crippen LogP contribution in [0, 0.1) is 24.4 Å². The van der Waals surface area contributed by atoms with Gasteiger partial charge in [0, 0.05) is 11.1 Å². The lowest BCUT2D eigenvalue weighted by Crippen LogP contribution is -2.32. The molecule has 0 aliphatic rings. The van der Waals surface area contributed by atoms with Crippen LogP contribution in [0.2, 0.25) is 5.02 Å². The molecule has 1 amide bonds. The second-order valence-corrected chi connectivity index (χ2v) is 5.79. The number of carbonyl (C=O) groups is 1. The van der Waals surface area contributed by atoms with Gasteiger partial charge in [0.05, 0.1) is 18.5 Å². The molecule has 0 bridgehead atoms. The van der Waals surface area contributed by atoms with Crippen LogP contribution >= 0.6 is 11.6 Å². The predicted molar refractivity (Wildman–Crippen MR) is 90.8 cm³/mol. The molecular weight excluding hydrogens is 357 g/mol. The molecule has 25 heavy (non-hydrogen) atoms. The molecule has 4 nitrogen and oxygen atoms in total. The maximum atomic E-state index is 13.6. The first-order valence-electron chi connectivity index (χ1n) is 7.29. The van der Waals surface area contributed by atoms with Crippen LogP contribution in [0.25, 0.3) is 0 Å². The first-order chi connectivity index (χ1) is 11.7. The van der Waals surface area contributed by atoms with Crippen LogP contribution in [-0.2, 0) is 4.79 Å². The topological polar surface area (TPSA) is 50.4 Å². The first kappa shape index (κ1) is 18.9. The van der Waals surface area contributed by atoms with Crippen molar-refractivity contribution < 1.29 is 22.7 Å². The van der Waals surface area contributed by atoms with Crippen LogP contribution in [0.1, 0.15) is 12.5 Å². The van der Waals surface area contributed by atoms with E-state index in [1.54, 1.807) is 19.1 Å². The van der Waals surface area contributed by atoms with E-state index in [0.717, 1.165) is 17.7 Å². The van der Waals surface area contributed by atoms with Crippen molar-refractivity contribution in [1.82, 2.24) is 0 Å². The highest BCUT2D eigenvalue weighted by molar-refractivity contribution is 6.31. The summed E-state index contributed by atoms with van der Waals surface area (Å²) in [5.74, 6) is -4.65. The number of hydrogen-bond donors (Lipinski definition) is 2. The molecule has 0 heterocycles. The molecule has 0 aromatic heterocycles. The largest absolute Gasteiger partial charge is 0.495 e. The molecule has 2 aromatic rings. The minimum absolute atomic E-state index is 0.425. The van der Waals surface area contributed by atoms with Gasteiger partial charge in [0.1, 0.15) is 11.8 Å². The van der Waals surface area contributed by atoms with Crippen molar-refractivity contribution in [3.05, 3.63) is 52.3 Å². The van der Waals surface area contributed by atoms with E-state index in [4.69, 9.17) is 16.3 Å². The highest BCUT2D eigenvalue weighted by Crippen LogP contribution is 2.31. The van der Waals surface area contributed by atoms with Crippen molar-refractivity contribution >= 4 is 28.9 Å². The number of carbonyl (C=O) groups excluding carboxylic acids is 1. The van der Waals surface area contributed by atoms with Gasteiger partial charge in [-0.3, -0.25) is 4.79 Å². The Balaban J connectivity index is 2.16. The summed E-state index contributed by atoms with van der Waals surface area (Å²) in [6.07, 6.45) is 0. The molecule has 2 rings (SSSR count). The van der Waals surface area contributed by atoms with Gasteiger partial charge in [-0.1, -0.05) is 11.6 Å². The highest BCUT2D eigenvalue weighted by Gasteiger charge is 2.19. The van der Waals surface area contributed by atoms with Crippen molar-refractivity contribution in [2.75, 3.05) is 17.7 Å². The molecule has 0 unspecified atom stereocenters. The molecule has 0 aliphatic heterocycles. The van der Waals surface area contributed by atoms with Crippen LogP contribution in [0.5, 0.6) is 5.75 Å². The van der Waals surface area contributed by atoms with Crippen LogP contribution in [0.4, 0.5) is 24.5 Å². The number of rotatable bonds is 5. The monoisotopic (exact) mass is 372 g/mol. The Kier molecular flexibility index (Phi) is 5.79. The maximum absolute atomic E-state index is 13.6. The van der Waals surface area contributed by atoms with Gasteiger partial charge in [0.25, 0.3) is 0 Å². The van der Waals surface area contributed by atoms with E-state index in [1.165, 1.54) is 14.0 Å². The van der Waals surface area contributed by atoms with E-state index in [-0.39, 0.29) is 0 Å². The van der Waals surface area contributed by atoms with Crippen molar-refractivity contribution in [3.63, 3.8) is 0 Å². The number of ether oxygens (including phenoxy) is 1. The third kappa shape index (κ3) is 4.17. The molecule has 0 saturated heterocycles. The third-order valence-electron chi connectivity index (χ3n) is 3.54. The Morgan fingerprint density at radius 3 is 2.48 bits per heavy atom. The van der Waals surface area contributed by atoms with Crippen LogP contribution in [-0.4, -0.2) is 19.1 Å². The molecule has 0 fully saturated rings. The zero-order valence-corrected chi connectivity index (χ0v) is 14.5. The van der Waals surface area contributed by atoms with Crippen molar-refractivity contribution in [3.8, 4) is 5.75 Å². The quantitative estimate of drug-likeness (QED) is 0.759. The normalized spacial score (nSPS) is 11.8. The summed E-state index contributed by atoms with van der Waals surface area (Å²) < 4.78 is 45.0. The molecule has 0 saturated carbocycles. The van der Waals surface area contributed by atoms with E-state index < -0.39 is 35.1 Å². The predicted octanol–water partition coefficient (Wildman–Crippen LogP) is 4.51. The fraction of sp³-hybridized carbons (Fsp3) is 0.235. The number of methoxy groups -OCH3 is 1. The van der Waals surface area contributed by atoms with Gasteiger partial charge in [-0.25, -0.2) is 13.2 Å². The number of aryl methyl sites for hydroxylation is 1. The molecule has 0 spiro atoms. The number of amides is 1. The Morgan fingerprint density at radius 2 is 1.84 bits per heavy atom. The zero-order valence-electron chi connectivity index (χ0n) is 13.7. The Hall–Kier alpha value is -2.41. The van der Waals surface area contributed by atoms with E-state index in [9.17, 15) is 18.0 Å². The smallest absolute Gasteiger partial charge is 0.246 e. The fourth-order valence-electron chi connectivity index (χ4n) is 2.11. The van der Waals surface area contributed by atoms with Crippen LogP contribution in [0.3, 0.4) is 0 Å². The average molecular weight is 373 g/mol. The summed E-state index contributed by atoms with van der Waals surface area (Å²) in [4.78, 5) is 12.2. The van der Waals surface area contributed by atoms with Crippen molar-refractivity contribution in [2.24, 2.45) is 0 Å². The molecule has 1 atom stereocenters. The van der Waals surface area contributed by atoms with Crippen LogP contribution < -0.4 is 15.4 Å². The van der Waals surface area contributed by atoms with E-state index >= 15 is 0 Å². The van der Waals surface area contributed by atoms with Gasteiger partial charge >= 0.3 is 0 Å². The summed E-state index contributed by atoms with van der Waals surface area (Å²) in [5, 5.41) is 5.62. The second kappa shape index (κ2) is 7.65. The van der Waals surface area contributed by atoms with Gasteiger partial charge in [-0.2, -0.15) is 0 Å². The van der Waals surface area contributed by atoms with Crippen LogP contribution in [0.15, 0.2) is 24.3 Å². The lowest BCUT2D eigenvalue weighted by molar-refractivity contribution is -0.116. The Bertz CT molecular complexity index is 815. The standard InChI is InChI=1S/C17H16ClF3N2O2/c1-8-6-13(14(25-3)7-10(8)18)22-9(2)17(24)23-12-5-4-11(19)15(20)16(12)21/h4-7,9,22H,1-3H3,(H,23,24)/t9-/m1/s1. The summed E-state index contributed by atoms with van der Waals surface area (Å²) in [6.45, 7) is 3.31. The van der Waals surface area contributed by atoms with E-state index in [1.807, 2.05) is 0 Å². The summed E-state index contributed by atoms with van der Waals surface area (Å²) in [5.41, 5.74) is 0.832. The van der Waals surface area contributed by atoms with Gasteiger partial charge in [0.15, 0.2) is 17.5 Å². The first-order valence-corrected chi connectivity index (χ1v) is 7.67. The molecule has 8 heteroatoms. The molecular formula is C17H16ClF3N2O2.